The molecule has 0 aliphatic carbocycles. The Balaban J connectivity index is 1.83. The van der Waals surface area contributed by atoms with Gasteiger partial charge in [0.25, 0.3) is 0 Å². The lowest BCUT2D eigenvalue weighted by atomic mass is 9.97. The quantitative estimate of drug-likeness (QED) is 0.868. The Morgan fingerprint density at radius 1 is 1.11 bits per heavy atom. The van der Waals surface area contributed by atoms with Gasteiger partial charge in [-0.05, 0) is 44.7 Å². The Labute approximate surface area is 110 Å². The zero-order valence-electron chi connectivity index (χ0n) is 11.1. The van der Waals surface area contributed by atoms with Crippen LogP contribution >= 0.6 is 0 Å². The fourth-order valence-corrected chi connectivity index (χ4v) is 3.17. The maximum atomic E-state index is 4.66. The molecule has 2 aliphatic heterocycles. The largest absolute Gasteiger partial charge is 0.356 e. The first-order valence-electron chi connectivity index (χ1n) is 7.38. The summed E-state index contributed by atoms with van der Waals surface area (Å²) < 4.78 is 0. The third-order valence-electron chi connectivity index (χ3n) is 4.16. The number of pyridine rings is 1. The number of nitrogens with zero attached hydrogens (tertiary/aromatic N) is 2. The van der Waals surface area contributed by atoms with E-state index in [0.29, 0.717) is 6.04 Å². The molecule has 0 bridgehead atoms. The van der Waals surface area contributed by atoms with Crippen molar-refractivity contribution in [3.8, 4) is 0 Å². The summed E-state index contributed by atoms with van der Waals surface area (Å²) in [6.07, 6.45) is 9.85. The predicted molar refractivity (Wildman–Crippen MR) is 74.9 cm³/mol. The van der Waals surface area contributed by atoms with Crippen molar-refractivity contribution in [2.75, 3.05) is 24.5 Å². The van der Waals surface area contributed by atoms with E-state index < -0.39 is 0 Å². The van der Waals surface area contributed by atoms with Crippen molar-refractivity contribution in [3.63, 3.8) is 0 Å². The monoisotopic (exact) mass is 245 g/mol. The zero-order valence-corrected chi connectivity index (χ0v) is 11.1. The highest BCUT2D eigenvalue weighted by atomic mass is 15.2. The van der Waals surface area contributed by atoms with Crippen LogP contribution in [0.1, 0.15) is 50.1 Å². The Morgan fingerprint density at radius 2 is 2.00 bits per heavy atom. The van der Waals surface area contributed by atoms with E-state index in [2.05, 4.69) is 27.3 Å². The summed E-state index contributed by atoms with van der Waals surface area (Å²) in [4.78, 5) is 7.14. The summed E-state index contributed by atoms with van der Waals surface area (Å²) in [5, 5.41) is 3.65. The van der Waals surface area contributed by atoms with Crippen molar-refractivity contribution in [1.82, 2.24) is 10.3 Å². The summed E-state index contributed by atoms with van der Waals surface area (Å²) >= 11 is 0. The Morgan fingerprint density at radius 3 is 2.78 bits per heavy atom. The maximum absolute atomic E-state index is 4.66. The van der Waals surface area contributed by atoms with Gasteiger partial charge in [0.2, 0.25) is 0 Å². The van der Waals surface area contributed by atoms with Crippen LogP contribution in [0.3, 0.4) is 0 Å². The standard InChI is InChI=1S/C15H23N3/c1-4-11-18(12-5-1)15-13(7-6-10-17-15)14-8-2-3-9-16-14/h6-7,10,14,16H,1-5,8-9,11-12H2. The first-order valence-corrected chi connectivity index (χ1v) is 7.38. The number of rotatable bonds is 2. The molecule has 0 amide bonds. The van der Waals surface area contributed by atoms with Crippen molar-refractivity contribution in [3.05, 3.63) is 23.9 Å². The summed E-state index contributed by atoms with van der Waals surface area (Å²) in [5.41, 5.74) is 1.42. The molecule has 1 N–H and O–H groups in total. The van der Waals surface area contributed by atoms with Gasteiger partial charge in [0.05, 0.1) is 0 Å². The number of anilines is 1. The molecule has 2 fully saturated rings. The lowest BCUT2D eigenvalue weighted by Crippen LogP contribution is -2.34. The van der Waals surface area contributed by atoms with Gasteiger partial charge in [0.1, 0.15) is 5.82 Å². The van der Waals surface area contributed by atoms with Crippen molar-refractivity contribution in [2.24, 2.45) is 0 Å². The number of hydrogen-bond donors (Lipinski definition) is 1. The molecule has 98 valence electrons. The molecule has 0 spiro atoms. The van der Waals surface area contributed by atoms with Crippen molar-refractivity contribution < 1.29 is 0 Å². The number of piperidine rings is 2. The molecule has 0 saturated carbocycles. The molecule has 1 aromatic heterocycles. The number of nitrogens with one attached hydrogen (secondary N) is 1. The molecule has 3 rings (SSSR count). The fraction of sp³-hybridized carbons (Fsp3) is 0.667. The minimum absolute atomic E-state index is 0.518. The molecule has 1 unspecified atom stereocenters. The van der Waals surface area contributed by atoms with E-state index in [1.165, 1.54) is 63.0 Å². The molecular formula is C15H23N3. The minimum Gasteiger partial charge on any atom is -0.356 e. The molecule has 3 nitrogen and oxygen atoms in total. The molecule has 2 saturated heterocycles. The lowest BCUT2D eigenvalue weighted by Gasteiger charge is -2.32. The zero-order chi connectivity index (χ0) is 12.2. The average Bonchev–Trinajstić information content (AvgIpc) is 2.49. The van der Waals surface area contributed by atoms with E-state index in [1.54, 1.807) is 0 Å². The lowest BCUT2D eigenvalue weighted by molar-refractivity contribution is 0.410. The Hall–Kier alpha value is -1.09. The van der Waals surface area contributed by atoms with Crippen LogP contribution in [0.5, 0.6) is 0 Å². The highest BCUT2D eigenvalue weighted by molar-refractivity contribution is 5.48. The van der Waals surface area contributed by atoms with Crippen LogP contribution in [0.25, 0.3) is 0 Å². The van der Waals surface area contributed by atoms with Crippen LogP contribution in [0.2, 0.25) is 0 Å². The van der Waals surface area contributed by atoms with Gasteiger partial charge in [0, 0.05) is 30.9 Å². The van der Waals surface area contributed by atoms with E-state index in [0.717, 1.165) is 6.54 Å². The SMILES string of the molecule is c1cnc(N2CCCCC2)c(C2CCCCN2)c1. The van der Waals surface area contributed by atoms with E-state index in [4.69, 9.17) is 0 Å². The minimum atomic E-state index is 0.518. The van der Waals surface area contributed by atoms with Gasteiger partial charge < -0.3 is 10.2 Å². The van der Waals surface area contributed by atoms with Gasteiger partial charge in [-0.1, -0.05) is 12.5 Å². The Bertz CT molecular complexity index is 342. The second kappa shape index (κ2) is 5.70. The first-order chi connectivity index (χ1) is 8.95. The summed E-state index contributed by atoms with van der Waals surface area (Å²) in [6.45, 7) is 3.51. The number of hydrogen-bond acceptors (Lipinski definition) is 3. The third-order valence-corrected chi connectivity index (χ3v) is 4.16. The smallest absolute Gasteiger partial charge is 0.133 e. The first kappa shape index (κ1) is 12.0. The molecule has 0 aromatic carbocycles. The molecule has 0 radical (unpaired) electrons. The third kappa shape index (κ3) is 2.51. The van der Waals surface area contributed by atoms with E-state index in [-0.39, 0.29) is 0 Å². The van der Waals surface area contributed by atoms with Crippen molar-refractivity contribution in [2.45, 2.75) is 44.6 Å². The van der Waals surface area contributed by atoms with Crippen LogP contribution in [0.4, 0.5) is 5.82 Å². The van der Waals surface area contributed by atoms with E-state index in [1.807, 2.05) is 6.20 Å². The molecule has 3 heterocycles. The molecule has 2 aliphatic rings. The van der Waals surface area contributed by atoms with Gasteiger partial charge in [-0.25, -0.2) is 4.98 Å². The summed E-state index contributed by atoms with van der Waals surface area (Å²) in [5.74, 6) is 1.23. The van der Waals surface area contributed by atoms with Crippen LogP contribution in [-0.2, 0) is 0 Å². The van der Waals surface area contributed by atoms with Crippen LogP contribution in [-0.4, -0.2) is 24.6 Å². The number of aromatic nitrogens is 1. The normalized spacial score (nSPS) is 25.1. The predicted octanol–water partition coefficient (Wildman–Crippen LogP) is 2.89. The second-order valence-electron chi connectivity index (χ2n) is 5.47. The Kier molecular flexibility index (Phi) is 3.79. The summed E-state index contributed by atoms with van der Waals surface area (Å²) in [7, 11) is 0. The fourth-order valence-electron chi connectivity index (χ4n) is 3.17. The molecule has 3 heteroatoms. The van der Waals surface area contributed by atoms with Crippen LogP contribution in [0, 0.1) is 0 Å². The molecule has 1 atom stereocenters. The highest BCUT2D eigenvalue weighted by Crippen LogP contribution is 2.30. The molecule has 18 heavy (non-hydrogen) atoms. The topological polar surface area (TPSA) is 28.2 Å². The van der Waals surface area contributed by atoms with E-state index >= 15 is 0 Å². The van der Waals surface area contributed by atoms with Crippen LogP contribution in [0.15, 0.2) is 18.3 Å². The highest BCUT2D eigenvalue weighted by Gasteiger charge is 2.22. The van der Waals surface area contributed by atoms with Crippen molar-refractivity contribution in [1.29, 1.82) is 0 Å². The summed E-state index contributed by atoms with van der Waals surface area (Å²) in [6, 6.07) is 4.86. The van der Waals surface area contributed by atoms with Gasteiger partial charge in [-0.2, -0.15) is 0 Å². The van der Waals surface area contributed by atoms with Crippen molar-refractivity contribution >= 4 is 5.82 Å². The van der Waals surface area contributed by atoms with Gasteiger partial charge in [-0.3, -0.25) is 0 Å². The van der Waals surface area contributed by atoms with Gasteiger partial charge in [-0.15, -0.1) is 0 Å². The molecular weight excluding hydrogens is 222 g/mol. The average molecular weight is 245 g/mol. The van der Waals surface area contributed by atoms with Crippen LogP contribution < -0.4 is 10.2 Å². The van der Waals surface area contributed by atoms with Gasteiger partial charge >= 0.3 is 0 Å². The maximum Gasteiger partial charge on any atom is 0.133 e. The van der Waals surface area contributed by atoms with E-state index in [9.17, 15) is 0 Å². The second-order valence-corrected chi connectivity index (χ2v) is 5.47. The van der Waals surface area contributed by atoms with Gasteiger partial charge in [0.15, 0.2) is 0 Å². The molecule has 1 aromatic rings.